The van der Waals surface area contributed by atoms with Gasteiger partial charge < -0.3 is 29.4 Å². The number of aliphatic hydroxyl groups excluding tert-OH is 1. The normalized spacial score (nSPS) is 29.0. The Morgan fingerprint density at radius 1 is 0.844 bits per heavy atom. The first-order valence-electron chi connectivity index (χ1n) is 15.9. The van der Waals surface area contributed by atoms with Crippen LogP contribution in [0.2, 0.25) is 0 Å². The molecule has 0 radical (unpaired) electrons. The van der Waals surface area contributed by atoms with Gasteiger partial charge in [-0.2, -0.15) is 0 Å². The van der Waals surface area contributed by atoms with Gasteiger partial charge in [-0.25, -0.2) is 0 Å². The molecule has 4 heterocycles. The van der Waals surface area contributed by atoms with E-state index in [9.17, 15) is 19.5 Å². The fourth-order valence-corrected chi connectivity index (χ4v) is 9.81. The lowest BCUT2D eigenvalue weighted by atomic mass is 9.74. The molecule has 3 amide bonds. The molecule has 0 aromatic heterocycles. The van der Waals surface area contributed by atoms with Crippen molar-refractivity contribution in [2.24, 2.45) is 11.8 Å². The van der Waals surface area contributed by atoms with Crippen LogP contribution in [-0.4, -0.2) is 89.2 Å². The van der Waals surface area contributed by atoms with Crippen LogP contribution in [0.25, 0.3) is 0 Å². The summed E-state index contributed by atoms with van der Waals surface area (Å²) in [5, 5.41) is 10.1. The van der Waals surface area contributed by atoms with Gasteiger partial charge in [0.2, 0.25) is 11.8 Å². The lowest BCUT2D eigenvalue weighted by molar-refractivity contribution is -0.139. The first kappa shape index (κ1) is 31.2. The number of fused-ring (bicyclic) bond motifs is 2. The van der Waals surface area contributed by atoms with E-state index in [-0.39, 0.29) is 30.9 Å². The standard InChI is InChI=1S/C35H42N4O5S/c1-5-36(6-2)24-10-12-25(13-11-24)38-21-9-19-35-29(32(42)39(22-23-40)30(35)33(38)43)28-31(41)37(20-8-18-34(28,4)45-35)26-14-16-27(17-15-26)44-7-3/h8-19,28-30,40H,5-7,20-23H2,1-4H3/t28-,29-,30?,34+,35-/m0/s1. The van der Waals surface area contributed by atoms with Crippen LogP contribution in [-0.2, 0) is 14.4 Å². The maximum absolute atomic E-state index is 14.6. The summed E-state index contributed by atoms with van der Waals surface area (Å²) in [5.41, 5.74) is 2.56. The van der Waals surface area contributed by atoms with E-state index < -0.39 is 27.4 Å². The Bertz CT molecular complexity index is 1510. The van der Waals surface area contributed by atoms with Crippen LogP contribution < -0.4 is 19.4 Å². The topological polar surface area (TPSA) is 93.6 Å². The largest absolute Gasteiger partial charge is 0.494 e. The highest BCUT2D eigenvalue weighted by atomic mass is 32.2. The van der Waals surface area contributed by atoms with Crippen LogP contribution in [0.4, 0.5) is 17.1 Å². The van der Waals surface area contributed by atoms with Gasteiger partial charge in [0.05, 0.1) is 29.8 Å². The zero-order valence-electron chi connectivity index (χ0n) is 26.4. The van der Waals surface area contributed by atoms with Crippen LogP contribution in [0.3, 0.4) is 0 Å². The minimum atomic E-state index is -0.972. The summed E-state index contributed by atoms with van der Waals surface area (Å²) in [4.78, 5) is 50.8. The molecule has 2 aromatic rings. The molecule has 2 fully saturated rings. The number of amides is 3. The summed E-state index contributed by atoms with van der Waals surface area (Å²) in [6, 6.07) is 14.5. The van der Waals surface area contributed by atoms with Gasteiger partial charge in [-0.3, -0.25) is 14.4 Å². The van der Waals surface area contributed by atoms with E-state index in [4.69, 9.17) is 4.74 Å². The van der Waals surface area contributed by atoms with Gasteiger partial charge >= 0.3 is 0 Å². The number of hydrogen-bond acceptors (Lipinski definition) is 7. The number of rotatable bonds is 9. The average molecular weight is 631 g/mol. The number of anilines is 3. The third-order valence-corrected chi connectivity index (χ3v) is 11.4. The molecule has 6 rings (SSSR count). The Labute approximate surface area is 269 Å². The second kappa shape index (κ2) is 12.2. The van der Waals surface area contributed by atoms with Gasteiger partial charge in [-0.05, 0) is 76.2 Å². The van der Waals surface area contributed by atoms with Crippen LogP contribution in [0.15, 0.2) is 72.8 Å². The summed E-state index contributed by atoms with van der Waals surface area (Å²) in [5.74, 6) is -1.36. The van der Waals surface area contributed by atoms with Crippen molar-refractivity contribution in [1.29, 1.82) is 0 Å². The lowest BCUT2D eigenvalue weighted by Gasteiger charge is -2.36. The molecule has 45 heavy (non-hydrogen) atoms. The summed E-state index contributed by atoms with van der Waals surface area (Å²) >= 11 is 1.54. The van der Waals surface area contributed by atoms with Gasteiger partial charge in [0.1, 0.15) is 11.8 Å². The van der Waals surface area contributed by atoms with Crippen molar-refractivity contribution in [3.63, 3.8) is 0 Å². The van der Waals surface area contributed by atoms with E-state index in [2.05, 4.69) is 24.8 Å². The molecule has 9 nitrogen and oxygen atoms in total. The third kappa shape index (κ3) is 5.02. The summed E-state index contributed by atoms with van der Waals surface area (Å²) in [6.07, 6.45) is 8.02. The van der Waals surface area contributed by atoms with E-state index in [1.807, 2.05) is 80.6 Å². The van der Waals surface area contributed by atoms with Gasteiger partial charge in [-0.1, -0.05) is 24.3 Å². The van der Waals surface area contributed by atoms with Crippen molar-refractivity contribution in [2.45, 2.75) is 43.2 Å². The molecular formula is C35H42N4O5S. The van der Waals surface area contributed by atoms with Gasteiger partial charge in [0, 0.05) is 54.5 Å². The SMILES string of the molecule is CCOc1ccc(N2CC=C[C@@]3(C)S[C@]45C=CCN(c6ccc(N(CC)CC)cc6)C(=O)C4N(CCO)C(=O)[C@@H]5[C@H]3C2=O)cc1. The van der Waals surface area contributed by atoms with Crippen LogP contribution in [0, 0.1) is 11.8 Å². The summed E-state index contributed by atoms with van der Waals surface area (Å²) < 4.78 is 3.91. The molecule has 1 unspecified atom stereocenters. The second-order valence-corrected chi connectivity index (χ2v) is 13.9. The van der Waals surface area contributed by atoms with Crippen LogP contribution >= 0.6 is 11.8 Å². The van der Waals surface area contributed by atoms with Gasteiger partial charge in [0.25, 0.3) is 5.91 Å². The molecule has 2 aromatic carbocycles. The average Bonchev–Trinajstić information content (AvgIpc) is 3.29. The molecule has 1 N–H and O–H groups in total. The molecule has 0 bridgehead atoms. The van der Waals surface area contributed by atoms with Crippen molar-refractivity contribution in [2.75, 3.05) is 60.6 Å². The number of carbonyl (C=O) groups excluding carboxylic acids is 3. The van der Waals surface area contributed by atoms with E-state index in [1.54, 1.807) is 21.6 Å². The second-order valence-electron chi connectivity index (χ2n) is 12.1. The zero-order chi connectivity index (χ0) is 31.9. The van der Waals surface area contributed by atoms with Crippen molar-refractivity contribution in [3.8, 4) is 5.75 Å². The van der Waals surface area contributed by atoms with Crippen molar-refractivity contribution < 1.29 is 24.2 Å². The molecule has 1 spiro atoms. The Morgan fingerprint density at radius 2 is 1.44 bits per heavy atom. The number of ether oxygens (including phenoxy) is 1. The smallest absolute Gasteiger partial charge is 0.251 e. The molecular weight excluding hydrogens is 588 g/mol. The lowest BCUT2D eigenvalue weighted by Crippen LogP contribution is -2.54. The minimum absolute atomic E-state index is 0.0205. The fourth-order valence-electron chi connectivity index (χ4n) is 7.65. The number of likely N-dealkylation sites (tertiary alicyclic amines) is 1. The molecule has 238 valence electrons. The highest BCUT2D eigenvalue weighted by Crippen LogP contribution is 2.65. The van der Waals surface area contributed by atoms with E-state index in [0.29, 0.717) is 19.7 Å². The first-order chi connectivity index (χ1) is 21.7. The molecule has 2 saturated heterocycles. The quantitative estimate of drug-likeness (QED) is 0.417. The number of aliphatic hydroxyl groups is 1. The Kier molecular flexibility index (Phi) is 8.47. The van der Waals surface area contributed by atoms with Crippen molar-refractivity contribution in [3.05, 3.63) is 72.8 Å². The van der Waals surface area contributed by atoms with Gasteiger partial charge in [0.15, 0.2) is 0 Å². The molecule has 0 saturated carbocycles. The fraction of sp³-hybridized carbons (Fsp3) is 0.457. The number of β-amino-alcohol motifs (C(OH)–C–C–N with tert-alkyl or cyclic N) is 1. The molecule has 4 aliphatic rings. The van der Waals surface area contributed by atoms with E-state index in [0.717, 1.165) is 35.9 Å². The Balaban J connectivity index is 1.38. The number of nitrogens with zero attached hydrogens (tertiary/aromatic N) is 4. The maximum atomic E-state index is 14.6. The van der Waals surface area contributed by atoms with Gasteiger partial charge in [-0.15, -0.1) is 11.8 Å². The Hall–Kier alpha value is -3.76. The van der Waals surface area contributed by atoms with Crippen LogP contribution in [0.5, 0.6) is 5.75 Å². The summed E-state index contributed by atoms with van der Waals surface area (Å²) in [6.45, 7) is 10.9. The zero-order valence-corrected chi connectivity index (χ0v) is 27.2. The number of hydrogen-bond donors (Lipinski definition) is 1. The number of carbonyl (C=O) groups is 3. The Morgan fingerprint density at radius 3 is 2.04 bits per heavy atom. The minimum Gasteiger partial charge on any atom is -0.494 e. The number of benzene rings is 2. The molecule has 0 aliphatic carbocycles. The maximum Gasteiger partial charge on any atom is 0.251 e. The highest BCUT2D eigenvalue weighted by molar-refractivity contribution is 8.02. The molecule has 5 atom stereocenters. The van der Waals surface area contributed by atoms with E-state index in [1.165, 1.54) is 4.90 Å². The first-order valence-corrected chi connectivity index (χ1v) is 16.7. The monoisotopic (exact) mass is 630 g/mol. The predicted molar refractivity (Wildman–Crippen MR) is 179 cm³/mol. The summed E-state index contributed by atoms with van der Waals surface area (Å²) in [7, 11) is 0. The highest BCUT2D eigenvalue weighted by Gasteiger charge is 2.74. The predicted octanol–water partition coefficient (Wildman–Crippen LogP) is 4.12. The van der Waals surface area contributed by atoms with E-state index >= 15 is 0 Å². The number of thioether (sulfide) groups is 1. The van der Waals surface area contributed by atoms with Crippen LogP contribution in [0.1, 0.15) is 27.7 Å². The molecule has 10 heteroatoms. The third-order valence-electron chi connectivity index (χ3n) is 9.65. The van der Waals surface area contributed by atoms with Crippen molar-refractivity contribution >= 4 is 46.5 Å². The van der Waals surface area contributed by atoms with Crippen molar-refractivity contribution in [1.82, 2.24) is 4.90 Å². The molecule has 4 aliphatic heterocycles.